The molecule has 0 saturated heterocycles. The minimum atomic E-state index is -0.850. The molecular weight excluding hydrogens is 386 g/mol. The van der Waals surface area contributed by atoms with E-state index in [-0.39, 0.29) is 17.9 Å². The largest absolute Gasteiger partial charge is 0.426 e. The topological polar surface area (TPSA) is 120 Å². The summed E-state index contributed by atoms with van der Waals surface area (Å²) in [5.41, 5.74) is 0.790. The van der Waals surface area contributed by atoms with E-state index in [1.807, 2.05) is 20.1 Å². The van der Waals surface area contributed by atoms with Gasteiger partial charge in [0, 0.05) is 23.9 Å². The zero-order valence-corrected chi connectivity index (χ0v) is 17.4. The molecular formula is C18H25N3O6S. The van der Waals surface area contributed by atoms with Crippen LogP contribution >= 0.6 is 11.8 Å². The van der Waals surface area contributed by atoms with Gasteiger partial charge in [-0.1, -0.05) is 26.0 Å². The molecule has 0 radical (unpaired) electrons. The van der Waals surface area contributed by atoms with Crippen molar-refractivity contribution in [1.29, 1.82) is 0 Å². The number of aliphatic imine (C=N–C) groups is 1. The molecule has 0 heterocycles. The van der Waals surface area contributed by atoms with Gasteiger partial charge in [-0.25, -0.2) is 4.99 Å². The highest BCUT2D eigenvalue weighted by Gasteiger charge is 2.12. The van der Waals surface area contributed by atoms with E-state index in [1.165, 1.54) is 37.2 Å². The number of nitrogens with zero attached hydrogens (tertiary/aromatic N) is 2. The van der Waals surface area contributed by atoms with E-state index in [1.54, 1.807) is 19.1 Å². The third-order valence-electron chi connectivity index (χ3n) is 3.01. The van der Waals surface area contributed by atoms with Gasteiger partial charge in [-0.05, 0) is 25.3 Å². The number of hydrogen-bond acceptors (Lipinski definition) is 8. The average molecular weight is 411 g/mol. The standard InChI is InChI=1S/C16H19N3O6S.C2H6/c1-11(15(26-3)8-9-24-19(22)23)17-10-18-16(21)13-6-4-5-7-14(13)25-12(2)20;1-2/h4-7,10H,8-9H2,1-3H3,(H,17,18,21);1-2H3/b15-11-;. The Labute approximate surface area is 168 Å². The molecule has 0 unspecified atom stereocenters. The Kier molecular flexibility index (Phi) is 12.7. The van der Waals surface area contributed by atoms with Crippen LogP contribution in [0.15, 0.2) is 39.9 Å². The number of benzene rings is 1. The fourth-order valence-corrected chi connectivity index (χ4v) is 2.51. The highest BCUT2D eigenvalue weighted by Crippen LogP contribution is 2.21. The van der Waals surface area contributed by atoms with Crippen LogP contribution in [0.1, 0.15) is 44.5 Å². The quantitative estimate of drug-likeness (QED) is 0.165. The number of hydrogen-bond donors (Lipinski definition) is 1. The maximum Gasteiger partial charge on any atom is 0.308 e. The summed E-state index contributed by atoms with van der Waals surface area (Å²) >= 11 is 1.39. The molecule has 1 aromatic rings. The average Bonchev–Trinajstić information content (AvgIpc) is 2.66. The molecule has 0 spiro atoms. The SMILES string of the molecule is CC.CS/C(CCO[N+](=O)[O-])=C(/C)N=CNC(=O)c1ccccc1OC(C)=O. The number of carbonyl (C=O) groups excluding carboxylic acids is 2. The lowest BCUT2D eigenvalue weighted by Crippen LogP contribution is -2.22. The molecule has 1 rings (SSSR count). The summed E-state index contributed by atoms with van der Waals surface area (Å²) in [5, 5.41) is 11.8. The van der Waals surface area contributed by atoms with Crippen LogP contribution in [0.4, 0.5) is 0 Å². The Balaban J connectivity index is 0.00000352. The molecule has 0 atom stereocenters. The summed E-state index contributed by atoms with van der Waals surface area (Å²) in [4.78, 5) is 42.6. The molecule has 0 aliphatic carbocycles. The van der Waals surface area contributed by atoms with Gasteiger partial charge in [0.25, 0.3) is 11.0 Å². The molecule has 1 amide bonds. The number of nitrogens with one attached hydrogen (secondary N) is 1. The number of ether oxygens (including phenoxy) is 1. The highest BCUT2D eigenvalue weighted by molar-refractivity contribution is 8.02. The number of amides is 1. The molecule has 9 nitrogen and oxygen atoms in total. The molecule has 0 aromatic heterocycles. The highest BCUT2D eigenvalue weighted by atomic mass is 32.2. The Hall–Kier alpha value is -2.88. The Morgan fingerprint density at radius 3 is 2.50 bits per heavy atom. The molecule has 28 heavy (non-hydrogen) atoms. The number of carbonyl (C=O) groups is 2. The van der Waals surface area contributed by atoms with Gasteiger partial charge >= 0.3 is 5.97 Å². The summed E-state index contributed by atoms with van der Waals surface area (Å²) in [7, 11) is 0. The number of allylic oxidation sites excluding steroid dienone is 1. The van der Waals surface area contributed by atoms with Crippen LogP contribution in [0.5, 0.6) is 5.75 Å². The van der Waals surface area contributed by atoms with Crippen molar-refractivity contribution in [3.8, 4) is 5.75 Å². The van der Waals surface area contributed by atoms with E-state index in [4.69, 9.17) is 4.74 Å². The second kappa shape index (κ2) is 14.2. The van der Waals surface area contributed by atoms with Gasteiger partial charge in [0.1, 0.15) is 12.4 Å². The second-order valence-corrected chi connectivity index (χ2v) is 5.74. The molecule has 0 fully saturated rings. The predicted molar refractivity (Wildman–Crippen MR) is 109 cm³/mol. The van der Waals surface area contributed by atoms with Gasteiger partial charge in [-0.15, -0.1) is 21.9 Å². The first kappa shape index (κ1) is 25.1. The molecule has 1 aromatic carbocycles. The van der Waals surface area contributed by atoms with Gasteiger partial charge in [0.05, 0.1) is 11.9 Å². The van der Waals surface area contributed by atoms with Crippen LogP contribution in [0.2, 0.25) is 0 Å². The molecule has 0 saturated carbocycles. The van der Waals surface area contributed by atoms with Gasteiger partial charge in [-0.3, -0.25) is 9.59 Å². The van der Waals surface area contributed by atoms with Crippen LogP contribution in [-0.2, 0) is 9.63 Å². The van der Waals surface area contributed by atoms with E-state index in [0.717, 1.165) is 4.91 Å². The Bertz CT molecular complexity index is 734. The van der Waals surface area contributed by atoms with Crippen molar-refractivity contribution >= 4 is 30.0 Å². The molecule has 0 aliphatic rings. The lowest BCUT2D eigenvalue weighted by molar-refractivity contribution is -0.757. The zero-order valence-electron chi connectivity index (χ0n) is 16.6. The van der Waals surface area contributed by atoms with Gasteiger partial charge < -0.3 is 14.9 Å². The van der Waals surface area contributed by atoms with Crippen LogP contribution in [0.3, 0.4) is 0 Å². The zero-order chi connectivity index (χ0) is 21.5. The Morgan fingerprint density at radius 2 is 1.93 bits per heavy atom. The van der Waals surface area contributed by atoms with E-state index in [0.29, 0.717) is 12.1 Å². The van der Waals surface area contributed by atoms with Crippen molar-refractivity contribution in [2.24, 2.45) is 4.99 Å². The summed E-state index contributed by atoms with van der Waals surface area (Å²) < 4.78 is 4.99. The molecule has 10 heteroatoms. The van der Waals surface area contributed by atoms with Crippen molar-refractivity contribution in [3.63, 3.8) is 0 Å². The number of thioether (sulfide) groups is 1. The predicted octanol–water partition coefficient (Wildman–Crippen LogP) is 3.59. The maximum absolute atomic E-state index is 12.2. The van der Waals surface area contributed by atoms with Crippen LogP contribution in [-0.4, -0.2) is 36.2 Å². The lowest BCUT2D eigenvalue weighted by atomic mass is 10.2. The van der Waals surface area contributed by atoms with Crippen molar-refractivity contribution < 1.29 is 24.3 Å². The van der Waals surface area contributed by atoms with Crippen molar-refractivity contribution in [3.05, 3.63) is 50.5 Å². The van der Waals surface area contributed by atoms with Crippen LogP contribution < -0.4 is 10.1 Å². The van der Waals surface area contributed by atoms with E-state index in [9.17, 15) is 19.7 Å². The fraction of sp³-hybridized carbons (Fsp3) is 0.389. The number of esters is 1. The fourth-order valence-electron chi connectivity index (χ4n) is 1.88. The molecule has 1 N–H and O–H groups in total. The maximum atomic E-state index is 12.2. The lowest BCUT2D eigenvalue weighted by Gasteiger charge is -2.08. The Morgan fingerprint density at radius 1 is 1.29 bits per heavy atom. The van der Waals surface area contributed by atoms with Crippen molar-refractivity contribution in [2.75, 3.05) is 12.9 Å². The van der Waals surface area contributed by atoms with E-state index in [2.05, 4.69) is 15.1 Å². The first-order valence-corrected chi connectivity index (χ1v) is 9.69. The van der Waals surface area contributed by atoms with Crippen LogP contribution in [0, 0.1) is 10.1 Å². The first-order chi connectivity index (χ1) is 13.3. The van der Waals surface area contributed by atoms with Crippen molar-refractivity contribution in [2.45, 2.75) is 34.1 Å². The smallest absolute Gasteiger partial charge is 0.308 e. The molecule has 0 bridgehead atoms. The molecule has 0 aliphatic heterocycles. The van der Waals surface area contributed by atoms with Crippen LogP contribution in [0.25, 0.3) is 0 Å². The summed E-state index contributed by atoms with van der Waals surface area (Å²) in [6, 6.07) is 6.32. The second-order valence-electron chi connectivity index (χ2n) is 4.84. The monoisotopic (exact) mass is 411 g/mol. The van der Waals surface area contributed by atoms with E-state index < -0.39 is 17.0 Å². The minimum absolute atomic E-state index is 0.0713. The summed E-state index contributed by atoms with van der Waals surface area (Å²) in [6.45, 7) is 6.89. The van der Waals surface area contributed by atoms with Crippen molar-refractivity contribution in [1.82, 2.24) is 5.32 Å². The number of rotatable bonds is 9. The third kappa shape index (κ3) is 9.72. The minimum Gasteiger partial charge on any atom is -0.426 e. The van der Waals surface area contributed by atoms with Gasteiger partial charge in [0.15, 0.2) is 0 Å². The first-order valence-electron chi connectivity index (χ1n) is 8.47. The van der Waals surface area contributed by atoms with E-state index >= 15 is 0 Å². The summed E-state index contributed by atoms with van der Waals surface area (Å²) in [6.07, 6.45) is 3.36. The molecule has 154 valence electrons. The third-order valence-corrected chi connectivity index (χ3v) is 4.01. The van der Waals surface area contributed by atoms with Gasteiger partial charge in [-0.2, -0.15) is 0 Å². The number of para-hydroxylation sites is 1. The summed E-state index contributed by atoms with van der Waals surface area (Å²) in [5.74, 6) is -0.861. The normalized spacial score (nSPS) is 11.0. The van der Waals surface area contributed by atoms with Gasteiger partial charge in [0.2, 0.25) is 0 Å².